The van der Waals surface area contributed by atoms with E-state index in [-0.39, 0.29) is 28.4 Å². The zero-order chi connectivity index (χ0) is 22.5. The number of aryl methyl sites for hydroxylation is 1. The second-order valence-corrected chi connectivity index (χ2v) is 11.1. The van der Waals surface area contributed by atoms with Gasteiger partial charge in [0, 0.05) is 22.7 Å². The molecule has 0 spiro atoms. The summed E-state index contributed by atoms with van der Waals surface area (Å²) in [4.78, 5) is 15.7. The minimum atomic E-state index is -0.107. The highest BCUT2D eigenvalue weighted by Crippen LogP contribution is 2.37. The van der Waals surface area contributed by atoms with Crippen LogP contribution >= 0.6 is 0 Å². The van der Waals surface area contributed by atoms with E-state index in [2.05, 4.69) is 83.0 Å². The standard InChI is InChI=1S/C25H37N3O2/c1-16-20(21(30-27-16)17-10-12-18(13-11-17)23(2,3)4)22(29)26-19-14-24(5,6)28(9)25(7,8)15-19/h10-13,19H,14-15H2,1-9H3,(H,26,29). The summed E-state index contributed by atoms with van der Waals surface area (Å²) in [6.07, 6.45) is 1.80. The number of carbonyl (C=O) groups is 1. The van der Waals surface area contributed by atoms with E-state index < -0.39 is 0 Å². The van der Waals surface area contributed by atoms with Crippen LogP contribution in [0.4, 0.5) is 0 Å². The number of nitrogens with zero attached hydrogens (tertiary/aromatic N) is 2. The van der Waals surface area contributed by atoms with Gasteiger partial charge in [0.2, 0.25) is 0 Å². The average molecular weight is 412 g/mol. The van der Waals surface area contributed by atoms with Crippen molar-refractivity contribution in [2.24, 2.45) is 0 Å². The molecule has 1 N–H and O–H groups in total. The predicted molar refractivity (Wildman–Crippen MR) is 122 cm³/mol. The number of hydrogen-bond donors (Lipinski definition) is 1. The quantitative estimate of drug-likeness (QED) is 0.742. The molecule has 0 aliphatic carbocycles. The molecule has 30 heavy (non-hydrogen) atoms. The maximum absolute atomic E-state index is 13.3. The van der Waals surface area contributed by atoms with Gasteiger partial charge in [-0.15, -0.1) is 0 Å². The molecule has 1 saturated heterocycles. The van der Waals surface area contributed by atoms with Crippen molar-refractivity contribution in [2.75, 3.05) is 7.05 Å². The van der Waals surface area contributed by atoms with E-state index in [4.69, 9.17) is 4.52 Å². The summed E-state index contributed by atoms with van der Waals surface area (Å²) in [5, 5.41) is 7.38. The van der Waals surface area contributed by atoms with Crippen molar-refractivity contribution >= 4 is 5.91 Å². The van der Waals surface area contributed by atoms with Gasteiger partial charge in [-0.1, -0.05) is 50.2 Å². The van der Waals surface area contributed by atoms with Crippen LogP contribution in [0.2, 0.25) is 0 Å². The lowest BCUT2D eigenvalue weighted by Crippen LogP contribution is -2.62. The fourth-order valence-electron chi connectivity index (χ4n) is 4.69. The molecule has 0 atom stereocenters. The first-order valence-corrected chi connectivity index (χ1v) is 10.8. The van der Waals surface area contributed by atoms with Crippen molar-refractivity contribution in [1.82, 2.24) is 15.4 Å². The van der Waals surface area contributed by atoms with Gasteiger partial charge in [0.15, 0.2) is 5.76 Å². The molecule has 1 aromatic heterocycles. The molecule has 2 heterocycles. The summed E-state index contributed by atoms with van der Waals surface area (Å²) in [7, 11) is 2.17. The minimum absolute atomic E-state index is 0.00893. The third-order valence-electron chi connectivity index (χ3n) is 6.75. The number of rotatable bonds is 3. The van der Waals surface area contributed by atoms with Gasteiger partial charge in [-0.05, 0) is 65.5 Å². The molecule has 2 aromatic rings. The highest BCUT2D eigenvalue weighted by Gasteiger charge is 2.43. The van der Waals surface area contributed by atoms with Crippen LogP contribution in [-0.4, -0.2) is 40.1 Å². The van der Waals surface area contributed by atoms with E-state index in [1.165, 1.54) is 5.56 Å². The molecular formula is C25H37N3O2. The lowest BCUT2D eigenvalue weighted by molar-refractivity contribution is -0.0169. The topological polar surface area (TPSA) is 58.4 Å². The van der Waals surface area contributed by atoms with Crippen LogP contribution < -0.4 is 5.32 Å². The fraction of sp³-hybridized carbons (Fsp3) is 0.600. The highest BCUT2D eigenvalue weighted by atomic mass is 16.5. The lowest BCUT2D eigenvalue weighted by atomic mass is 9.77. The molecule has 0 unspecified atom stereocenters. The molecular weight excluding hydrogens is 374 g/mol. The summed E-state index contributed by atoms with van der Waals surface area (Å²) in [5.41, 5.74) is 3.36. The van der Waals surface area contributed by atoms with E-state index in [0.717, 1.165) is 18.4 Å². The Kier molecular flexibility index (Phi) is 5.65. The van der Waals surface area contributed by atoms with Crippen LogP contribution in [0, 0.1) is 6.92 Å². The maximum Gasteiger partial charge on any atom is 0.257 e. The number of amides is 1. The Hall–Kier alpha value is -2.14. The summed E-state index contributed by atoms with van der Waals surface area (Å²) in [6.45, 7) is 17.3. The maximum atomic E-state index is 13.3. The van der Waals surface area contributed by atoms with Gasteiger partial charge in [0.1, 0.15) is 5.56 Å². The average Bonchev–Trinajstić information content (AvgIpc) is 3.00. The molecule has 1 aromatic carbocycles. The lowest BCUT2D eigenvalue weighted by Gasteiger charge is -2.53. The number of aromatic nitrogens is 1. The van der Waals surface area contributed by atoms with Gasteiger partial charge >= 0.3 is 0 Å². The zero-order valence-corrected chi connectivity index (χ0v) is 20.0. The highest BCUT2D eigenvalue weighted by molar-refractivity contribution is 6.00. The minimum Gasteiger partial charge on any atom is -0.355 e. The molecule has 1 amide bonds. The fourth-order valence-corrected chi connectivity index (χ4v) is 4.69. The van der Waals surface area contributed by atoms with Gasteiger partial charge in [0.25, 0.3) is 5.91 Å². The van der Waals surface area contributed by atoms with Crippen LogP contribution in [0.3, 0.4) is 0 Å². The number of hydrogen-bond acceptors (Lipinski definition) is 4. The van der Waals surface area contributed by atoms with E-state index in [1.807, 2.05) is 19.1 Å². The SMILES string of the molecule is Cc1noc(-c2ccc(C(C)(C)C)cc2)c1C(=O)NC1CC(C)(C)N(C)C(C)(C)C1. The van der Waals surface area contributed by atoms with Crippen molar-refractivity contribution in [3.63, 3.8) is 0 Å². The number of carbonyl (C=O) groups excluding carboxylic acids is 1. The molecule has 0 radical (unpaired) electrons. The molecule has 3 rings (SSSR count). The van der Waals surface area contributed by atoms with Crippen molar-refractivity contribution in [1.29, 1.82) is 0 Å². The normalized spacial score (nSPS) is 19.6. The second kappa shape index (κ2) is 7.52. The Morgan fingerprint density at radius 3 is 2.13 bits per heavy atom. The Labute approximate surface area is 181 Å². The van der Waals surface area contributed by atoms with Gasteiger partial charge in [-0.25, -0.2) is 0 Å². The number of benzene rings is 1. The van der Waals surface area contributed by atoms with E-state index in [0.29, 0.717) is 17.0 Å². The monoisotopic (exact) mass is 411 g/mol. The zero-order valence-electron chi connectivity index (χ0n) is 20.0. The molecule has 1 aliphatic heterocycles. The predicted octanol–water partition coefficient (Wildman–Crippen LogP) is 5.33. The first kappa shape index (κ1) is 22.5. The molecule has 1 aliphatic rings. The number of nitrogens with one attached hydrogen (secondary N) is 1. The van der Waals surface area contributed by atoms with Gasteiger partial charge in [-0.2, -0.15) is 0 Å². The van der Waals surface area contributed by atoms with Crippen molar-refractivity contribution in [3.05, 3.63) is 41.1 Å². The van der Waals surface area contributed by atoms with Crippen LogP contribution in [0.15, 0.2) is 28.8 Å². The Balaban J connectivity index is 1.85. The van der Waals surface area contributed by atoms with Crippen molar-refractivity contribution < 1.29 is 9.32 Å². The summed E-state index contributed by atoms with van der Waals surface area (Å²) >= 11 is 0. The molecule has 0 bridgehead atoms. The largest absolute Gasteiger partial charge is 0.355 e. The Morgan fingerprint density at radius 2 is 1.63 bits per heavy atom. The molecule has 5 nitrogen and oxygen atoms in total. The van der Waals surface area contributed by atoms with Crippen LogP contribution in [0.5, 0.6) is 0 Å². The van der Waals surface area contributed by atoms with E-state index >= 15 is 0 Å². The molecule has 1 fully saturated rings. The van der Waals surface area contributed by atoms with Crippen LogP contribution in [0.25, 0.3) is 11.3 Å². The third-order valence-corrected chi connectivity index (χ3v) is 6.75. The Morgan fingerprint density at radius 1 is 1.10 bits per heavy atom. The van der Waals surface area contributed by atoms with Gasteiger partial charge < -0.3 is 9.84 Å². The van der Waals surface area contributed by atoms with Gasteiger partial charge in [0.05, 0.1) is 5.69 Å². The summed E-state index contributed by atoms with van der Waals surface area (Å²) in [5.74, 6) is 0.432. The van der Waals surface area contributed by atoms with E-state index in [9.17, 15) is 4.79 Å². The van der Waals surface area contributed by atoms with Crippen LogP contribution in [0.1, 0.15) is 82.9 Å². The summed E-state index contributed by atoms with van der Waals surface area (Å²) < 4.78 is 5.60. The smallest absolute Gasteiger partial charge is 0.257 e. The Bertz CT molecular complexity index is 899. The first-order chi connectivity index (χ1) is 13.7. The second-order valence-electron chi connectivity index (χ2n) is 11.1. The first-order valence-electron chi connectivity index (χ1n) is 10.8. The van der Waals surface area contributed by atoms with Crippen molar-refractivity contribution in [2.45, 2.75) is 90.8 Å². The van der Waals surface area contributed by atoms with Crippen molar-refractivity contribution in [3.8, 4) is 11.3 Å². The molecule has 0 saturated carbocycles. The molecule has 5 heteroatoms. The third kappa shape index (κ3) is 4.31. The van der Waals surface area contributed by atoms with Gasteiger partial charge in [-0.3, -0.25) is 9.69 Å². The van der Waals surface area contributed by atoms with Crippen LogP contribution in [-0.2, 0) is 5.41 Å². The van der Waals surface area contributed by atoms with E-state index in [1.54, 1.807) is 0 Å². The number of likely N-dealkylation sites (tertiary alicyclic amines) is 1. The number of piperidine rings is 1. The molecule has 164 valence electrons. The summed E-state index contributed by atoms with van der Waals surface area (Å²) in [6, 6.07) is 8.32.